The molecule has 0 radical (unpaired) electrons. The van der Waals surface area contributed by atoms with Crippen molar-refractivity contribution < 1.29 is 0 Å². The standard InChI is InChI=1S/C9H13N3S/c1-9(2)5-13-8(12-9)7-3-4-10-6-11-7/h3-4,6,8,12H,5H2,1-2H3. The second-order valence-electron chi connectivity index (χ2n) is 3.85. The van der Waals surface area contributed by atoms with E-state index in [-0.39, 0.29) is 5.54 Å². The van der Waals surface area contributed by atoms with Gasteiger partial charge in [0.25, 0.3) is 0 Å². The first-order valence-corrected chi connectivity index (χ1v) is 5.37. The molecule has 1 N–H and O–H groups in total. The zero-order valence-electron chi connectivity index (χ0n) is 7.82. The topological polar surface area (TPSA) is 37.8 Å². The van der Waals surface area contributed by atoms with Crippen LogP contribution in [0.5, 0.6) is 0 Å². The van der Waals surface area contributed by atoms with E-state index < -0.39 is 0 Å². The van der Waals surface area contributed by atoms with Crippen LogP contribution in [0, 0.1) is 0 Å². The van der Waals surface area contributed by atoms with E-state index in [4.69, 9.17) is 0 Å². The minimum Gasteiger partial charge on any atom is -0.294 e. The Hall–Kier alpha value is -0.610. The number of hydrogen-bond acceptors (Lipinski definition) is 4. The number of rotatable bonds is 1. The third-order valence-electron chi connectivity index (χ3n) is 2.01. The summed E-state index contributed by atoms with van der Waals surface area (Å²) in [7, 11) is 0. The quantitative estimate of drug-likeness (QED) is 0.738. The van der Waals surface area contributed by atoms with Crippen molar-refractivity contribution in [2.75, 3.05) is 5.75 Å². The molecule has 1 aliphatic rings. The van der Waals surface area contributed by atoms with E-state index in [1.165, 1.54) is 0 Å². The summed E-state index contributed by atoms with van der Waals surface area (Å²) in [5, 5.41) is 3.85. The predicted octanol–water partition coefficient (Wildman–Crippen LogP) is 1.59. The molecule has 0 bridgehead atoms. The maximum atomic E-state index is 4.23. The molecule has 2 rings (SSSR count). The lowest BCUT2D eigenvalue weighted by atomic mass is 10.1. The van der Waals surface area contributed by atoms with E-state index in [0.717, 1.165) is 11.4 Å². The van der Waals surface area contributed by atoms with E-state index in [0.29, 0.717) is 5.37 Å². The van der Waals surface area contributed by atoms with Crippen molar-refractivity contribution in [3.63, 3.8) is 0 Å². The maximum Gasteiger partial charge on any atom is 0.115 e. The first-order chi connectivity index (χ1) is 6.17. The van der Waals surface area contributed by atoms with Crippen LogP contribution in [-0.4, -0.2) is 21.3 Å². The van der Waals surface area contributed by atoms with Gasteiger partial charge in [-0.15, -0.1) is 11.8 Å². The molecule has 0 spiro atoms. The molecule has 0 aliphatic carbocycles. The van der Waals surface area contributed by atoms with Gasteiger partial charge < -0.3 is 0 Å². The second kappa shape index (κ2) is 3.27. The Morgan fingerprint density at radius 2 is 2.46 bits per heavy atom. The van der Waals surface area contributed by atoms with E-state index in [1.807, 2.05) is 17.8 Å². The fraction of sp³-hybridized carbons (Fsp3) is 0.556. The molecule has 1 saturated heterocycles. The molecule has 70 valence electrons. The van der Waals surface area contributed by atoms with E-state index in [1.54, 1.807) is 12.5 Å². The van der Waals surface area contributed by atoms with Crippen LogP contribution < -0.4 is 5.32 Å². The highest BCUT2D eigenvalue weighted by molar-refractivity contribution is 7.99. The molecule has 1 aromatic heterocycles. The number of aromatic nitrogens is 2. The monoisotopic (exact) mass is 195 g/mol. The van der Waals surface area contributed by atoms with Gasteiger partial charge in [-0.1, -0.05) is 0 Å². The van der Waals surface area contributed by atoms with Gasteiger partial charge in [0.2, 0.25) is 0 Å². The van der Waals surface area contributed by atoms with Gasteiger partial charge in [0.1, 0.15) is 6.33 Å². The van der Waals surface area contributed by atoms with Crippen LogP contribution in [0.15, 0.2) is 18.6 Å². The van der Waals surface area contributed by atoms with Gasteiger partial charge in [-0.3, -0.25) is 5.32 Å². The second-order valence-corrected chi connectivity index (χ2v) is 4.95. The Kier molecular flexibility index (Phi) is 2.26. The van der Waals surface area contributed by atoms with E-state index in [9.17, 15) is 0 Å². The molecule has 1 aromatic rings. The fourth-order valence-electron chi connectivity index (χ4n) is 1.35. The van der Waals surface area contributed by atoms with Gasteiger partial charge in [0.15, 0.2) is 0 Å². The lowest BCUT2D eigenvalue weighted by molar-refractivity contribution is 0.448. The third-order valence-corrected chi connectivity index (χ3v) is 3.59. The van der Waals surface area contributed by atoms with Crippen LogP contribution in [0.3, 0.4) is 0 Å². The first-order valence-electron chi connectivity index (χ1n) is 4.33. The van der Waals surface area contributed by atoms with Gasteiger partial charge >= 0.3 is 0 Å². The summed E-state index contributed by atoms with van der Waals surface area (Å²) in [6.07, 6.45) is 3.39. The van der Waals surface area contributed by atoms with E-state index in [2.05, 4.69) is 29.1 Å². The van der Waals surface area contributed by atoms with Crippen molar-refractivity contribution in [2.45, 2.75) is 24.8 Å². The molecule has 0 amide bonds. The first kappa shape index (κ1) is 8.97. The van der Waals surface area contributed by atoms with Gasteiger partial charge in [0.05, 0.1) is 11.1 Å². The van der Waals surface area contributed by atoms with Gasteiger partial charge in [0, 0.05) is 17.5 Å². The third kappa shape index (κ3) is 2.00. The minimum absolute atomic E-state index is 0.223. The fourth-order valence-corrected chi connectivity index (χ4v) is 2.72. The summed E-state index contributed by atoms with van der Waals surface area (Å²) in [5.41, 5.74) is 1.30. The summed E-state index contributed by atoms with van der Waals surface area (Å²) in [4.78, 5) is 8.14. The SMILES string of the molecule is CC1(C)CSC(c2ccncn2)N1. The highest BCUT2D eigenvalue weighted by Gasteiger charge is 2.31. The van der Waals surface area contributed by atoms with Crippen LogP contribution in [0.4, 0.5) is 0 Å². The molecule has 0 saturated carbocycles. The summed E-state index contributed by atoms with van der Waals surface area (Å²) in [5.74, 6) is 1.13. The van der Waals surface area contributed by atoms with Crippen molar-refractivity contribution in [1.82, 2.24) is 15.3 Å². The smallest absolute Gasteiger partial charge is 0.115 e. The summed E-state index contributed by atoms with van der Waals surface area (Å²) in [6, 6.07) is 1.96. The summed E-state index contributed by atoms with van der Waals surface area (Å²) < 4.78 is 0. The molecule has 3 nitrogen and oxygen atoms in total. The minimum atomic E-state index is 0.223. The van der Waals surface area contributed by atoms with Gasteiger partial charge in [-0.25, -0.2) is 9.97 Å². The zero-order chi connectivity index (χ0) is 9.31. The molecule has 13 heavy (non-hydrogen) atoms. The zero-order valence-corrected chi connectivity index (χ0v) is 8.64. The van der Waals surface area contributed by atoms with Crippen LogP contribution >= 0.6 is 11.8 Å². The van der Waals surface area contributed by atoms with Gasteiger partial charge in [-0.05, 0) is 19.9 Å². The number of nitrogens with one attached hydrogen (secondary N) is 1. The van der Waals surface area contributed by atoms with Crippen LogP contribution in [0.1, 0.15) is 24.9 Å². The predicted molar refractivity (Wildman–Crippen MR) is 54.4 cm³/mol. The average Bonchev–Trinajstić information content (AvgIpc) is 2.48. The van der Waals surface area contributed by atoms with Crippen LogP contribution in [0.25, 0.3) is 0 Å². The Morgan fingerprint density at radius 1 is 1.62 bits per heavy atom. The molecular weight excluding hydrogens is 182 g/mol. The van der Waals surface area contributed by atoms with Crippen molar-refractivity contribution in [3.8, 4) is 0 Å². The van der Waals surface area contributed by atoms with Crippen molar-refractivity contribution in [3.05, 3.63) is 24.3 Å². The highest BCUT2D eigenvalue weighted by atomic mass is 32.2. The lowest BCUT2D eigenvalue weighted by Gasteiger charge is -2.18. The molecule has 1 fully saturated rings. The van der Waals surface area contributed by atoms with Crippen molar-refractivity contribution in [1.29, 1.82) is 0 Å². The molecule has 1 unspecified atom stereocenters. The highest BCUT2D eigenvalue weighted by Crippen LogP contribution is 2.35. The maximum absolute atomic E-state index is 4.23. The summed E-state index contributed by atoms with van der Waals surface area (Å²) in [6.45, 7) is 4.42. The van der Waals surface area contributed by atoms with Gasteiger partial charge in [-0.2, -0.15) is 0 Å². The van der Waals surface area contributed by atoms with Crippen molar-refractivity contribution >= 4 is 11.8 Å². The van der Waals surface area contributed by atoms with Crippen LogP contribution in [0.2, 0.25) is 0 Å². The molecule has 2 heterocycles. The van der Waals surface area contributed by atoms with E-state index >= 15 is 0 Å². The Labute approximate surface area is 82.4 Å². The molecule has 1 aliphatic heterocycles. The Balaban J connectivity index is 2.13. The molecular formula is C9H13N3S. The lowest BCUT2D eigenvalue weighted by Crippen LogP contribution is -2.36. The number of thioether (sulfide) groups is 1. The normalized spacial score (nSPS) is 26.2. The molecule has 1 atom stereocenters. The Morgan fingerprint density at radius 3 is 3.00 bits per heavy atom. The summed E-state index contributed by atoms with van der Waals surface area (Å²) >= 11 is 1.90. The molecule has 4 heteroatoms. The average molecular weight is 195 g/mol. The Bertz CT molecular complexity index is 286. The molecule has 0 aromatic carbocycles. The largest absolute Gasteiger partial charge is 0.294 e. The number of hydrogen-bond donors (Lipinski definition) is 1. The number of nitrogens with zero attached hydrogens (tertiary/aromatic N) is 2. The van der Waals surface area contributed by atoms with Crippen molar-refractivity contribution in [2.24, 2.45) is 0 Å². The van der Waals surface area contributed by atoms with Crippen LogP contribution in [-0.2, 0) is 0 Å².